The second kappa shape index (κ2) is 7.27. The number of rotatable bonds is 5. The molecule has 2 bridgehead atoms. The van der Waals surface area contributed by atoms with Crippen LogP contribution in [-0.2, 0) is 20.0 Å². The van der Waals surface area contributed by atoms with Gasteiger partial charge in [-0.2, -0.15) is 0 Å². The summed E-state index contributed by atoms with van der Waals surface area (Å²) in [7, 11) is -7.87. The van der Waals surface area contributed by atoms with Gasteiger partial charge in [0.2, 0.25) is 20.0 Å². The van der Waals surface area contributed by atoms with Crippen LogP contribution in [0.5, 0.6) is 0 Å². The Labute approximate surface area is 182 Å². The lowest BCUT2D eigenvalue weighted by Gasteiger charge is -2.45. The molecule has 3 N–H and O–H groups in total. The van der Waals surface area contributed by atoms with Crippen LogP contribution >= 0.6 is 0 Å². The Hall–Kier alpha value is -2.52. The molecular formula is C23H22N2O4S2. The summed E-state index contributed by atoms with van der Waals surface area (Å²) in [5.41, 5.74) is 5.17. The van der Waals surface area contributed by atoms with Crippen LogP contribution in [0.1, 0.15) is 40.5 Å². The van der Waals surface area contributed by atoms with Crippen molar-refractivity contribution >= 4 is 20.0 Å². The summed E-state index contributed by atoms with van der Waals surface area (Å²) in [4.78, 5) is -0.337. The van der Waals surface area contributed by atoms with Crippen molar-refractivity contribution in [3.05, 3.63) is 95.1 Å². The number of fused-ring (bicyclic) bond motifs is 1. The van der Waals surface area contributed by atoms with Gasteiger partial charge in [0.05, 0.1) is 9.79 Å². The molecule has 6 nitrogen and oxygen atoms in total. The molecule has 3 aliphatic carbocycles. The van der Waals surface area contributed by atoms with Crippen molar-refractivity contribution in [3.63, 3.8) is 0 Å². The average molecular weight is 455 g/mol. The Kier molecular flexibility index (Phi) is 4.78. The molecule has 8 heteroatoms. The molecule has 0 amide bonds. The molecule has 160 valence electrons. The maximum Gasteiger partial charge on any atom is 0.240 e. The van der Waals surface area contributed by atoms with Gasteiger partial charge in [0.1, 0.15) is 0 Å². The summed E-state index contributed by atoms with van der Waals surface area (Å²) in [5, 5.41) is 5.15. The second-order valence-corrected chi connectivity index (χ2v) is 11.5. The largest absolute Gasteiger partial charge is 0.240 e. The van der Waals surface area contributed by atoms with Crippen LogP contribution in [0.25, 0.3) is 0 Å². The number of hydrogen-bond acceptors (Lipinski definition) is 4. The fourth-order valence-electron chi connectivity index (χ4n) is 5.08. The highest BCUT2D eigenvalue weighted by Crippen LogP contribution is 2.55. The summed E-state index contributed by atoms with van der Waals surface area (Å²) < 4.78 is 51.7. The maximum atomic E-state index is 12.9. The van der Waals surface area contributed by atoms with Crippen molar-refractivity contribution in [1.82, 2.24) is 4.72 Å². The summed E-state index contributed by atoms with van der Waals surface area (Å²) in [6.07, 6.45) is 0.860. The standard InChI is InChI=1S/C23H22N2O4S2/c24-30(26,27)16-6-5-7-17(13-16)31(28,29)25-14-15-12-22-18-8-1-3-10-20(18)23(15)21-11-4-2-9-19(21)22/h1-11,13,15,22-23,25H,12,14H2,(H2,24,26,27). The van der Waals surface area contributed by atoms with Crippen molar-refractivity contribution in [2.45, 2.75) is 28.0 Å². The van der Waals surface area contributed by atoms with Gasteiger partial charge in [-0.15, -0.1) is 0 Å². The lowest BCUT2D eigenvalue weighted by Crippen LogP contribution is -2.39. The van der Waals surface area contributed by atoms with E-state index in [-0.39, 0.29) is 34.1 Å². The molecule has 0 aromatic heterocycles. The Bertz CT molecular complexity index is 1340. The average Bonchev–Trinajstić information content (AvgIpc) is 2.77. The zero-order valence-corrected chi connectivity index (χ0v) is 18.2. The van der Waals surface area contributed by atoms with Crippen LogP contribution in [0.15, 0.2) is 82.6 Å². The molecule has 3 aromatic rings. The summed E-state index contributed by atoms with van der Waals surface area (Å²) in [6.45, 7) is 0.270. The van der Waals surface area contributed by atoms with Crippen molar-refractivity contribution in [2.24, 2.45) is 11.1 Å². The van der Waals surface area contributed by atoms with E-state index in [1.165, 1.54) is 40.5 Å². The highest BCUT2D eigenvalue weighted by Gasteiger charge is 2.43. The normalized spacial score (nSPS) is 22.0. The van der Waals surface area contributed by atoms with E-state index in [0.29, 0.717) is 0 Å². The topological polar surface area (TPSA) is 106 Å². The molecular weight excluding hydrogens is 432 g/mol. The molecule has 31 heavy (non-hydrogen) atoms. The van der Waals surface area contributed by atoms with E-state index in [4.69, 9.17) is 5.14 Å². The van der Waals surface area contributed by atoms with E-state index in [1.54, 1.807) is 0 Å². The fourth-order valence-corrected chi connectivity index (χ4v) is 6.85. The van der Waals surface area contributed by atoms with Crippen LogP contribution < -0.4 is 9.86 Å². The predicted octanol–water partition coefficient (Wildman–Crippen LogP) is 2.91. The Balaban J connectivity index is 1.45. The highest BCUT2D eigenvalue weighted by atomic mass is 32.2. The van der Waals surface area contributed by atoms with Crippen LogP contribution in [0.3, 0.4) is 0 Å². The zero-order chi connectivity index (χ0) is 21.8. The number of sulfonamides is 2. The quantitative estimate of drug-likeness (QED) is 0.618. The molecule has 0 aliphatic heterocycles. The first kappa shape index (κ1) is 20.4. The van der Waals surface area contributed by atoms with Gasteiger partial charge in [0.25, 0.3) is 0 Å². The van der Waals surface area contributed by atoms with E-state index in [0.717, 1.165) is 12.5 Å². The van der Waals surface area contributed by atoms with E-state index in [9.17, 15) is 16.8 Å². The molecule has 0 saturated carbocycles. The SMILES string of the molecule is NS(=O)(=O)c1cccc(S(=O)(=O)NCC2CC3c4ccccc4C2c2ccccc23)c1. The monoisotopic (exact) mass is 454 g/mol. The third-order valence-electron chi connectivity index (χ3n) is 6.40. The lowest BCUT2D eigenvalue weighted by atomic mass is 9.59. The van der Waals surface area contributed by atoms with E-state index in [2.05, 4.69) is 41.1 Å². The van der Waals surface area contributed by atoms with Crippen molar-refractivity contribution < 1.29 is 16.8 Å². The van der Waals surface area contributed by atoms with Crippen LogP contribution in [-0.4, -0.2) is 23.4 Å². The van der Waals surface area contributed by atoms with E-state index in [1.807, 2.05) is 12.1 Å². The molecule has 0 heterocycles. The van der Waals surface area contributed by atoms with Crippen LogP contribution in [0.2, 0.25) is 0 Å². The molecule has 1 unspecified atom stereocenters. The zero-order valence-electron chi connectivity index (χ0n) is 16.6. The van der Waals surface area contributed by atoms with E-state index >= 15 is 0 Å². The second-order valence-electron chi connectivity index (χ2n) is 8.16. The Morgan fingerprint density at radius 2 is 1.32 bits per heavy atom. The minimum atomic E-state index is -3.99. The molecule has 1 atom stereocenters. The summed E-state index contributed by atoms with van der Waals surface area (Å²) >= 11 is 0. The van der Waals surface area contributed by atoms with Gasteiger partial charge in [-0.3, -0.25) is 0 Å². The Morgan fingerprint density at radius 1 is 0.774 bits per heavy atom. The minimum absolute atomic E-state index is 0.103. The van der Waals surface area contributed by atoms with Gasteiger partial charge >= 0.3 is 0 Å². The molecule has 0 radical (unpaired) electrons. The molecule has 6 rings (SSSR count). The number of primary sulfonamides is 1. The fraction of sp³-hybridized carbons (Fsp3) is 0.217. The lowest BCUT2D eigenvalue weighted by molar-refractivity contribution is 0.355. The number of hydrogen-bond donors (Lipinski definition) is 2. The summed E-state index contributed by atoms with van der Waals surface area (Å²) in [5.74, 6) is 0.472. The molecule has 0 fully saturated rings. The van der Waals surface area contributed by atoms with Gasteiger partial charge in [0, 0.05) is 18.4 Å². The van der Waals surface area contributed by atoms with Gasteiger partial charge in [-0.1, -0.05) is 54.6 Å². The smallest absolute Gasteiger partial charge is 0.225 e. The maximum absolute atomic E-state index is 12.9. The molecule has 3 aromatic carbocycles. The van der Waals surface area contributed by atoms with Gasteiger partial charge in [-0.05, 0) is 52.8 Å². The third-order valence-corrected chi connectivity index (χ3v) is 8.73. The van der Waals surface area contributed by atoms with Crippen molar-refractivity contribution in [2.75, 3.05) is 6.54 Å². The van der Waals surface area contributed by atoms with Crippen LogP contribution in [0.4, 0.5) is 0 Å². The van der Waals surface area contributed by atoms with Gasteiger partial charge < -0.3 is 0 Å². The van der Waals surface area contributed by atoms with Gasteiger partial charge in [-0.25, -0.2) is 26.7 Å². The molecule has 3 aliphatic rings. The number of nitrogens with one attached hydrogen (secondary N) is 1. The third kappa shape index (κ3) is 3.49. The molecule has 0 spiro atoms. The first-order chi connectivity index (χ1) is 14.8. The highest BCUT2D eigenvalue weighted by molar-refractivity contribution is 7.90. The Morgan fingerprint density at radius 3 is 1.90 bits per heavy atom. The first-order valence-electron chi connectivity index (χ1n) is 10.1. The van der Waals surface area contributed by atoms with Gasteiger partial charge in [0.15, 0.2) is 0 Å². The summed E-state index contributed by atoms with van der Waals surface area (Å²) in [6, 6.07) is 21.9. The van der Waals surface area contributed by atoms with Crippen LogP contribution in [0, 0.1) is 5.92 Å². The minimum Gasteiger partial charge on any atom is -0.225 e. The molecule has 0 saturated heterocycles. The number of benzene rings is 3. The van der Waals surface area contributed by atoms with E-state index < -0.39 is 20.0 Å². The van der Waals surface area contributed by atoms with Crippen molar-refractivity contribution in [3.8, 4) is 0 Å². The predicted molar refractivity (Wildman–Crippen MR) is 118 cm³/mol. The van der Waals surface area contributed by atoms with Crippen molar-refractivity contribution in [1.29, 1.82) is 0 Å². The first-order valence-corrected chi connectivity index (χ1v) is 13.1. The number of nitrogens with two attached hydrogens (primary N) is 1.